The number of likely N-dealkylation sites (tertiary alicyclic amines) is 1. The van der Waals surface area contributed by atoms with E-state index in [1.165, 1.54) is 25.5 Å². The predicted octanol–water partition coefficient (Wildman–Crippen LogP) is 4.82. The number of anilines is 2. The van der Waals surface area contributed by atoms with Crippen LogP contribution in [0.25, 0.3) is 0 Å². The molecule has 170 valence electrons. The summed E-state index contributed by atoms with van der Waals surface area (Å²) < 4.78 is 41.6. The van der Waals surface area contributed by atoms with Crippen molar-refractivity contribution in [3.8, 4) is 0 Å². The summed E-state index contributed by atoms with van der Waals surface area (Å²) in [6.07, 6.45) is 3.15. The molecular weight excluding hydrogens is 407 g/mol. The first-order valence-corrected chi connectivity index (χ1v) is 11.2. The number of alkyl halides is 3. The van der Waals surface area contributed by atoms with Crippen molar-refractivity contribution < 1.29 is 22.8 Å². The van der Waals surface area contributed by atoms with Crippen LogP contribution in [0.15, 0.2) is 18.2 Å². The predicted molar refractivity (Wildman–Crippen MR) is 113 cm³/mol. The van der Waals surface area contributed by atoms with E-state index in [-0.39, 0.29) is 17.3 Å². The molecule has 0 bridgehead atoms. The summed E-state index contributed by atoms with van der Waals surface area (Å²) in [4.78, 5) is 28.5. The van der Waals surface area contributed by atoms with Gasteiger partial charge in [0.05, 0.1) is 11.0 Å². The molecule has 31 heavy (non-hydrogen) atoms. The molecule has 2 aliphatic heterocycles. The van der Waals surface area contributed by atoms with Gasteiger partial charge < -0.3 is 15.1 Å². The second-order valence-corrected chi connectivity index (χ2v) is 9.26. The zero-order valence-corrected chi connectivity index (χ0v) is 17.9. The molecule has 3 fully saturated rings. The van der Waals surface area contributed by atoms with Crippen LogP contribution in [0.5, 0.6) is 0 Å². The van der Waals surface area contributed by atoms with E-state index < -0.39 is 23.1 Å². The number of nitrogens with one attached hydrogen (secondary N) is 1. The van der Waals surface area contributed by atoms with Crippen LogP contribution in [-0.4, -0.2) is 42.4 Å². The maximum atomic E-state index is 13.9. The van der Waals surface area contributed by atoms with Gasteiger partial charge >= 0.3 is 6.18 Å². The van der Waals surface area contributed by atoms with Gasteiger partial charge in [0.25, 0.3) is 0 Å². The van der Waals surface area contributed by atoms with Gasteiger partial charge in [-0.05, 0) is 50.3 Å². The number of amides is 2. The Morgan fingerprint density at radius 1 is 1.10 bits per heavy atom. The third-order valence-corrected chi connectivity index (χ3v) is 7.10. The largest absolute Gasteiger partial charge is 0.418 e. The molecule has 1 aliphatic carbocycles. The molecule has 8 heteroatoms. The third-order valence-electron chi connectivity index (χ3n) is 7.10. The number of nitrogens with zero attached hydrogens (tertiary/aromatic N) is 2. The van der Waals surface area contributed by atoms with Crippen molar-refractivity contribution in [1.29, 1.82) is 0 Å². The Kier molecular flexibility index (Phi) is 5.92. The average molecular weight is 438 g/mol. The fraction of sp³-hybridized carbons (Fsp3) is 0.652. The van der Waals surface area contributed by atoms with Crippen molar-refractivity contribution in [2.24, 2.45) is 5.41 Å². The minimum Gasteiger partial charge on any atom is -0.370 e. The van der Waals surface area contributed by atoms with E-state index in [2.05, 4.69) is 5.32 Å². The van der Waals surface area contributed by atoms with E-state index in [1.54, 1.807) is 4.90 Å². The van der Waals surface area contributed by atoms with E-state index >= 15 is 0 Å². The molecule has 1 aromatic rings. The lowest BCUT2D eigenvalue weighted by atomic mass is 9.78. The summed E-state index contributed by atoms with van der Waals surface area (Å²) in [5, 5.41) is 2.43. The number of benzene rings is 1. The van der Waals surface area contributed by atoms with Crippen molar-refractivity contribution in [3.05, 3.63) is 23.8 Å². The monoisotopic (exact) mass is 437 g/mol. The molecular formula is C23H30F3N3O2. The van der Waals surface area contributed by atoms with E-state index in [0.29, 0.717) is 38.5 Å². The molecule has 1 aromatic carbocycles. The quantitative estimate of drug-likeness (QED) is 0.738. The summed E-state index contributed by atoms with van der Waals surface area (Å²) >= 11 is 0. The molecule has 2 heterocycles. The third kappa shape index (κ3) is 4.39. The highest BCUT2D eigenvalue weighted by Crippen LogP contribution is 2.46. The second kappa shape index (κ2) is 8.36. The van der Waals surface area contributed by atoms with Crippen LogP contribution >= 0.6 is 0 Å². The van der Waals surface area contributed by atoms with Gasteiger partial charge in [-0.3, -0.25) is 9.59 Å². The lowest BCUT2D eigenvalue weighted by molar-refractivity contribution is -0.139. The topological polar surface area (TPSA) is 52.7 Å². The molecule has 1 N–H and O–H groups in total. The Balaban J connectivity index is 1.58. The number of piperidine rings is 1. The number of carbonyl (C=O) groups excluding carboxylic acids is 2. The van der Waals surface area contributed by atoms with Crippen LogP contribution in [-0.2, 0) is 15.8 Å². The number of halogens is 3. The standard InChI is InChI=1S/C23H30F3N3O2/c1-16(30)27-17-8-9-20(19(14-17)23(24,25)26)28-12-5-10-22(15-28)11-13-29(21(22)31)18-6-3-2-4-7-18/h8-9,14,18H,2-7,10-13,15H2,1H3,(H,27,30). The maximum absolute atomic E-state index is 13.9. The van der Waals surface area contributed by atoms with Crippen molar-refractivity contribution >= 4 is 23.2 Å². The maximum Gasteiger partial charge on any atom is 0.418 e. The number of carbonyl (C=O) groups is 2. The molecule has 1 saturated carbocycles. The number of hydrogen-bond acceptors (Lipinski definition) is 3. The van der Waals surface area contributed by atoms with Crippen LogP contribution in [0.3, 0.4) is 0 Å². The normalized spacial score (nSPS) is 25.4. The highest BCUT2D eigenvalue weighted by Gasteiger charge is 2.51. The van der Waals surface area contributed by atoms with Crippen LogP contribution in [0, 0.1) is 5.41 Å². The fourth-order valence-corrected chi connectivity index (χ4v) is 5.62. The van der Waals surface area contributed by atoms with Gasteiger partial charge in [-0.1, -0.05) is 19.3 Å². The summed E-state index contributed by atoms with van der Waals surface area (Å²) in [5.74, 6) is -0.287. The highest BCUT2D eigenvalue weighted by atomic mass is 19.4. The average Bonchev–Trinajstić information content (AvgIpc) is 3.03. The smallest absolute Gasteiger partial charge is 0.370 e. The molecule has 2 amide bonds. The minimum absolute atomic E-state index is 0.0876. The molecule has 1 unspecified atom stereocenters. The first-order chi connectivity index (χ1) is 14.7. The zero-order valence-electron chi connectivity index (χ0n) is 17.9. The van der Waals surface area contributed by atoms with Crippen molar-refractivity contribution in [2.45, 2.75) is 70.5 Å². The van der Waals surface area contributed by atoms with Gasteiger partial charge in [-0.25, -0.2) is 0 Å². The van der Waals surface area contributed by atoms with Gasteiger partial charge in [0.15, 0.2) is 0 Å². The van der Waals surface area contributed by atoms with Gasteiger partial charge in [-0.2, -0.15) is 13.2 Å². The van der Waals surface area contributed by atoms with E-state index in [1.807, 2.05) is 4.90 Å². The number of hydrogen-bond donors (Lipinski definition) is 1. The molecule has 5 nitrogen and oxygen atoms in total. The molecule has 2 saturated heterocycles. The highest BCUT2D eigenvalue weighted by molar-refractivity contribution is 5.89. The summed E-state index contributed by atoms with van der Waals surface area (Å²) in [6, 6.07) is 4.20. The van der Waals surface area contributed by atoms with Gasteiger partial charge in [0.2, 0.25) is 11.8 Å². The Bertz CT molecular complexity index is 851. The fourth-order valence-electron chi connectivity index (χ4n) is 5.62. The molecule has 0 aromatic heterocycles. The van der Waals surface area contributed by atoms with Gasteiger partial charge in [0.1, 0.15) is 0 Å². The van der Waals surface area contributed by atoms with Crippen molar-refractivity contribution in [3.63, 3.8) is 0 Å². The molecule has 3 aliphatic rings. The zero-order chi connectivity index (χ0) is 22.2. The van der Waals surface area contributed by atoms with E-state index in [0.717, 1.165) is 38.2 Å². The van der Waals surface area contributed by atoms with Gasteiger partial charge in [0, 0.05) is 44.0 Å². The lowest BCUT2D eigenvalue weighted by Crippen LogP contribution is -2.50. The lowest BCUT2D eigenvalue weighted by Gasteiger charge is -2.42. The Morgan fingerprint density at radius 2 is 1.84 bits per heavy atom. The Hall–Kier alpha value is -2.25. The van der Waals surface area contributed by atoms with Crippen LogP contribution in [0.2, 0.25) is 0 Å². The Morgan fingerprint density at radius 3 is 2.52 bits per heavy atom. The van der Waals surface area contributed by atoms with Crippen LogP contribution in [0.1, 0.15) is 63.9 Å². The molecule has 1 spiro atoms. The van der Waals surface area contributed by atoms with Crippen LogP contribution < -0.4 is 10.2 Å². The van der Waals surface area contributed by atoms with Crippen molar-refractivity contribution in [2.75, 3.05) is 29.9 Å². The second-order valence-electron chi connectivity index (χ2n) is 9.26. The SMILES string of the molecule is CC(=O)Nc1ccc(N2CCCC3(CCN(C4CCCCC4)C3=O)C2)c(C(F)(F)F)c1. The first-order valence-electron chi connectivity index (χ1n) is 11.2. The molecule has 4 rings (SSSR count). The molecule has 0 radical (unpaired) electrons. The summed E-state index contributed by atoms with van der Waals surface area (Å²) in [6.45, 7) is 2.78. The van der Waals surface area contributed by atoms with Crippen molar-refractivity contribution in [1.82, 2.24) is 4.90 Å². The van der Waals surface area contributed by atoms with Crippen LogP contribution in [0.4, 0.5) is 24.5 Å². The summed E-state index contributed by atoms with van der Waals surface area (Å²) in [5.41, 5.74) is -1.15. The van der Waals surface area contributed by atoms with Gasteiger partial charge in [-0.15, -0.1) is 0 Å². The first kappa shape index (κ1) is 22.0. The number of rotatable bonds is 3. The minimum atomic E-state index is -4.55. The Labute approximate surface area is 181 Å². The molecule has 1 atom stereocenters. The van der Waals surface area contributed by atoms with E-state index in [4.69, 9.17) is 0 Å². The van der Waals surface area contributed by atoms with E-state index in [9.17, 15) is 22.8 Å². The summed E-state index contributed by atoms with van der Waals surface area (Å²) in [7, 11) is 0.